The largest absolute Gasteiger partial charge is 0.480 e. The van der Waals surface area contributed by atoms with E-state index in [2.05, 4.69) is 5.32 Å². The van der Waals surface area contributed by atoms with Crippen molar-refractivity contribution >= 4 is 18.4 Å². The fraction of sp³-hybridized carbons (Fsp3) is 0.833. The number of hydrogen-bond donors (Lipinski definition) is 2. The van der Waals surface area contributed by atoms with Crippen LogP contribution in [0.1, 0.15) is 19.3 Å². The second-order valence-corrected chi connectivity index (χ2v) is 2.34. The first-order valence-electron chi connectivity index (χ1n) is 3.27. The monoisotopic (exact) mass is 165 g/mol. The van der Waals surface area contributed by atoms with Gasteiger partial charge in [0.25, 0.3) is 0 Å². The Bertz CT molecular complexity index is 112. The normalized spacial score (nSPS) is 25.0. The molecule has 1 heterocycles. The molecule has 10 heavy (non-hydrogen) atoms. The summed E-state index contributed by atoms with van der Waals surface area (Å²) < 4.78 is 0. The van der Waals surface area contributed by atoms with Crippen molar-refractivity contribution in [3.63, 3.8) is 0 Å². The van der Waals surface area contributed by atoms with Gasteiger partial charge >= 0.3 is 5.97 Å². The summed E-state index contributed by atoms with van der Waals surface area (Å²) in [4.78, 5) is 10.3. The fourth-order valence-electron chi connectivity index (χ4n) is 1.06. The molecule has 1 aliphatic heterocycles. The highest BCUT2D eigenvalue weighted by Crippen LogP contribution is 2.05. The topological polar surface area (TPSA) is 49.3 Å². The summed E-state index contributed by atoms with van der Waals surface area (Å²) >= 11 is 0. The molecular formula is C6H12ClNO2. The van der Waals surface area contributed by atoms with E-state index in [-0.39, 0.29) is 18.4 Å². The van der Waals surface area contributed by atoms with Gasteiger partial charge in [0.1, 0.15) is 6.04 Å². The Labute approximate surface area is 66.2 Å². The number of carboxylic acids is 1. The van der Waals surface area contributed by atoms with E-state index in [9.17, 15) is 4.79 Å². The maximum atomic E-state index is 10.3. The highest BCUT2D eigenvalue weighted by Gasteiger charge is 2.18. The summed E-state index contributed by atoms with van der Waals surface area (Å²) in [6.45, 7) is 0.858. The number of carboxylic acid groups (broad SMARTS) is 1. The van der Waals surface area contributed by atoms with Crippen LogP contribution in [0.5, 0.6) is 0 Å². The minimum Gasteiger partial charge on any atom is -0.480 e. The predicted octanol–water partition coefficient (Wildman–Crippen LogP) is 0.635. The standard InChI is InChI=1S/C6H11NO2.ClH/c8-6(9)5-3-1-2-4-7-5;/h5,7H,1-4H2,(H,8,9);1H/t5-;/m1./s1. The molecule has 0 amide bonds. The zero-order valence-corrected chi connectivity index (χ0v) is 6.49. The molecule has 1 aliphatic rings. The van der Waals surface area contributed by atoms with E-state index in [1.807, 2.05) is 0 Å². The molecule has 0 aliphatic carbocycles. The maximum absolute atomic E-state index is 10.3. The Morgan fingerprint density at radius 2 is 2.20 bits per heavy atom. The first-order valence-corrected chi connectivity index (χ1v) is 3.27. The fourth-order valence-corrected chi connectivity index (χ4v) is 1.06. The maximum Gasteiger partial charge on any atom is 0.320 e. The van der Waals surface area contributed by atoms with Gasteiger partial charge in [0, 0.05) is 0 Å². The minimum atomic E-state index is -0.713. The predicted molar refractivity (Wildman–Crippen MR) is 40.5 cm³/mol. The molecule has 60 valence electrons. The zero-order chi connectivity index (χ0) is 6.69. The Morgan fingerprint density at radius 1 is 1.50 bits per heavy atom. The summed E-state index contributed by atoms with van der Waals surface area (Å²) in [7, 11) is 0. The molecule has 1 fully saturated rings. The molecule has 0 aromatic rings. The molecule has 1 rings (SSSR count). The Hall–Kier alpha value is -0.280. The average Bonchev–Trinajstić information content (AvgIpc) is 1.90. The summed E-state index contributed by atoms with van der Waals surface area (Å²) in [5.74, 6) is -0.713. The van der Waals surface area contributed by atoms with Crippen molar-refractivity contribution in [1.29, 1.82) is 0 Å². The van der Waals surface area contributed by atoms with Crippen LogP contribution >= 0.6 is 12.4 Å². The Morgan fingerprint density at radius 3 is 2.50 bits per heavy atom. The van der Waals surface area contributed by atoms with Crippen LogP contribution in [0.25, 0.3) is 0 Å². The van der Waals surface area contributed by atoms with E-state index in [4.69, 9.17) is 5.11 Å². The van der Waals surface area contributed by atoms with E-state index in [1.54, 1.807) is 0 Å². The van der Waals surface area contributed by atoms with Gasteiger partial charge in [-0.1, -0.05) is 6.42 Å². The van der Waals surface area contributed by atoms with Crippen molar-refractivity contribution in [1.82, 2.24) is 5.32 Å². The quantitative estimate of drug-likeness (QED) is 0.600. The van der Waals surface area contributed by atoms with Crippen LogP contribution in [0.3, 0.4) is 0 Å². The van der Waals surface area contributed by atoms with Crippen LogP contribution in [0.2, 0.25) is 0 Å². The van der Waals surface area contributed by atoms with E-state index < -0.39 is 5.97 Å². The molecule has 0 unspecified atom stereocenters. The molecule has 0 aromatic carbocycles. The van der Waals surface area contributed by atoms with Crippen LogP contribution in [-0.4, -0.2) is 23.7 Å². The van der Waals surface area contributed by atoms with Gasteiger partial charge in [0.05, 0.1) is 0 Å². The number of rotatable bonds is 1. The van der Waals surface area contributed by atoms with Gasteiger partial charge in [-0.25, -0.2) is 0 Å². The van der Waals surface area contributed by atoms with Crippen LogP contribution in [-0.2, 0) is 4.79 Å². The molecule has 0 aromatic heterocycles. The molecule has 0 spiro atoms. The van der Waals surface area contributed by atoms with E-state index >= 15 is 0 Å². The van der Waals surface area contributed by atoms with Crippen LogP contribution in [0.15, 0.2) is 0 Å². The van der Waals surface area contributed by atoms with Gasteiger partial charge in [0.2, 0.25) is 0 Å². The van der Waals surface area contributed by atoms with Gasteiger partial charge in [-0.15, -0.1) is 12.4 Å². The van der Waals surface area contributed by atoms with Crippen LogP contribution < -0.4 is 5.32 Å². The van der Waals surface area contributed by atoms with Gasteiger partial charge in [-0.05, 0) is 19.4 Å². The van der Waals surface area contributed by atoms with Crippen molar-refractivity contribution in [2.24, 2.45) is 0 Å². The van der Waals surface area contributed by atoms with Crippen LogP contribution in [0.4, 0.5) is 0 Å². The number of nitrogens with one attached hydrogen (secondary N) is 1. The lowest BCUT2D eigenvalue weighted by Crippen LogP contribution is -2.40. The number of piperidine rings is 1. The summed E-state index contributed by atoms with van der Waals surface area (Å²) in [5, 5.41) is 11.4. The second-order valence-electron chi connectivity index (χ2n) is 2.34. The molecule has 3 nitrogen and oxygen atoms in total. The Kier molecular flexibility index (Phi) is 4.40. The SMILES string of the molecule is Cl.O=C(O)[C@H]1CCCCN1. The first kappa shape index (κ1) is 9.72. The van der Waals surface area contributed by atoms with Crippen molar-refractivity contribution in [2.45, 2.75) is 25.3 Å². The zero-order valence-electron chi connectivity index (χ0n) is 5.67. The van der Waals surface area contributed by atoms with Crippen molar-refractivity contribution in [3.05, 3.63) is 0 Å². The summed E-state index contributed by atoms with van der Waals surface area (Å²) in [5.41, 5.74) is 0. The second kappa shape index (κ2) is 4.52. The third-order valence-electron chi connectivity index (χ3n) is 1.61. The average molecular weight is 166 g/mol. The molecule has 1 atom stereocenters. The molecule has 1 saturated heterocycles. The molecule has 0 saturated carbocycles. The van der Waals surface area contributed by atoms with E-state index in [1.165, 1.54) is 0 Å². The number of carbonyl (C=O) groups is 1. The van der Waals surface area contributed by atoms with E-state index in [0.717, 1.165) is 25.8 Å². The number of hydrogen-bond acceptors (Lipinski definition) is 2. The third kappa shape index (κ3) is 2.54. The minimum absolute atomic E-state index is 0. The van der Waals surface area contributed by atoms with Crippen molar-refractivity contribution < 1.29 is 9.90 Å². The molecule has 0 bridgehead atoms. The molecule has 4 heteroatoms. The van der Waals surface area contributed by atoms with Crippen LogP contribution in [0, 0.1) is 0 Å². The molecular weight excluding hydrogens is 154 g/mol. The molecule has 0 radical (unpaired) electrons. The van der Waals surface area contributed by atoms with Gasteiger partial charge < -0.3 is 10.4 Å². The van der Waals surface area contributed by atoms with Crippen molar-refractivity contribution in [3.8, 4) is 0 Å². The summed E-state index contributed by atoms with van der Waals surface area (Å²) in [6.07, 6.45) is 2.95. The first-order chi connectivity index (χ1) is 4.30. The lowest BCUT2D eigenvalue weighted by Gasteiger charge is -2.18. The summed E-state index contributed by atoms with van der Waals surface area (Å²) in [6, 6.07) is -0.279. The lowest BCUT2D eigenvalue weighted by molar-refractivity contribution is -0.140. The van der Waals surface area contributed by atoms with E-state index in [0.29, 0.717) is 0 Å². The Balaban J connectivity index is 0.000000810. The number of aliphatic carboxylic acids is 1. The smallest absolute Gasteiger partial charge is 0.320 e. The highest BCUT2D eigenvalue weighted by molar-refractivity contribution is 5.85. The third-order valence-corrected chi connectivity index (χ3v) is 1.61. The van der Waals surface area contributed by atoms with Crippen molar-refractivity contribution in [2.75, 3.05) is 6.54 Å². The van der Waals surface area contributed by atoms with Gasteiger partial charge in [0.15, 0.2) is 0 Å². The molecule has 2 N–H and O–H groups in total. The lowest BCUT2D eigenvalue weighted by atomic mass is 10.1. The van der Waals surface area contributed by atoms with Gasteiger partial charge in [-0.2, -0.15) is 0 Å². The highest BCUT2D eigenvalue weighted by atomic mass is 35.5. The number of halogens is 1. The van der Waals surface area contributed by atoms with Gasteiger partial charge in [-0.3, -0.25) is 4.79 Å².